The molecular weight excluding hydrogens is 328 g/mol. The molecule has 0 saturated carbocycles. The number of piperazine rings is 1. The minimum Gasteiger partial charge on any atom is -0.336 e. The lowest BCUT2D eigenvalue weighted by Crippen LogP contribution is -2.52. The smallest absolute Gasteiger partial charge is 0.259 e. The average molecular weight is 356 g/mol. The summed E-state index contributed by atoms with van der Waals surface area (Å²) in [6.07, 6.45) is 7.99. The molecule has 1 atom stereocenters. The number of amides is 1. The third-order valence-corrected chi connectivity index (χ3v) is 5.82. The van der Waals surface area contributed by atoms with Crippen molar-refractivity contribution >= 4 is 11.6 Å². The molecule has 0 aliphatic carbocycles. The van der Waals surface area contributed by atoms with E-state index in [1.165, 1.54) is 19.4 Å². The quantitative estimate of drug-likeness (QED) is 0.812. The Bertz CT molecular complexity index is 783. The molecule has 0 N–H and O–H groups in total. The maximum atomic E-state index is 13.0. The predicted octanol–water partition coefficient (Wildman–Crippen LogP) is 1.49. The zero-order chi connectivity index (χ0) is 18.1. The largest absolute Gasteiger partial charge is 0.336 e. The molecule has 0 radical (unpaired) electrons. The Morgan fingerprint density at radius 3 is 2.88 bits per heavy atom. The first-order valence-corrected chi connectivity index (χ1v) is 9.77. The molecule has 4 heterocycles. The van der Waals surface area contributed by atoms with E-state index in [-0.39, 0.29) is 5.91 Å². The third-order valence-electron chi connectivity index (χ3n) is 5.82. The van der Waals surface area contributed by atoms with Crippen LogP contribution < -0.4 is 0 Å². The molecule has 1 unspecified atom stereocenters. The molecule has 4 rings (SSSR count). The molecule has 26 heavy (non-hydrogen) atoms. The van der Waals surface area contributed by atoms with Crippen molar-refractivity contribution in [2.24, 2.45) is 0 Å². The highest BCUT2D eigenvalue weighted by Gasteiger charge is 2.33. The second kappa shape index (κ2) is 7.32. The van der Waals surface area contributed by atoms with E-state index in [0.717, 1.165) is 44.8 Å². The van der Waals surface area contributed by atoms with Gasteiger partial charge < -0.3 is 4.90 Å². The summed E-state index contributed by atoms with van der Waals surface area (Å²) in [5.41, 5.74) is 2.39. The van der Waals surface area contributed by atoms with Crippen LogP contribution in [0.15, 0.2) is 18.6 Å². The molecule has 140 valence electrons. The Morgan fingerprint density at radius 1 is 1.23 bits per heavy atom. The number of rotatable bonds is 5. The van der Waals surface area contributed by atoms with Crippen LogP contribution in [0.2, 0.25) is 0 Å². The summed E-state index contributed by atoms with van der Waals surface area (Å²) in [6.45, 7) is 11.0. The fourth-order valence-corrected chi connectivity index (χ4v) is 4.20. The van der Waals surface area contributed by atoms with Gasteiger partial charge in [-0.1, -0.05) is 13.8 Å². The highest BCUT2D eigenvalue weighted by atomic mass is 16.2. The predicted molar refractivity (Wildman–Crippen MR) is 100 cm³/mol. The van der Waals surface area contributed by atoms with E-state index in [1.807, 2.05) is 17.3 Å². The summed E-state index contributed by atoms with van der Waals surface area (Å²) in [6, 6.07) is 0.531. The van der Waals surface area contributed by atoms with Gasteiger partial charge in [0, 0.05) is 50.2 Å². The molecule has 0 bridgehead atoms. The van der Waals surface area contributed by atoms with Gasteiger partial charge in [0.2, 0.25) is 0 Å². The molecule has 7 heteroatoms. The van der Waals surface area contributed by atoms with Gasteiger partial charge in [-0.25, -0.2) is 9.50 Å². The normalized spacial score (nSPS) is 20.9. The molecule has 7 nitrogen and oxygen atoms in total. The summed E-state index contributed by atoms with van der Waals surface area (Å²) in [5, 5.41) is 4.40. The second-order valence-corrected chi connectivity index (χ2v) is 7.33. The van der Waals surface area contributed by atoms with Gasteiger partial charge in [-0.05, 0) is 32.5 Å². The Morgan fingerprint density at radius 2 is 2.08 bits per heavy atom. The van der Waals surface area contributed by atoms with Crippen LogP contribution in [-0.2, 0) is 6.54 Å². The Balaban J connectivity index is 1.52. The Hall–Kier alpha value is -1.99. The van der Waals surface area contributed by atoms with Gasteiger partial charge in [-0.2, -0.15) is 5.10 Å². The first kappa shape index (κ1) is 17.4. The van der Waals surface area contributed by atoms with Crippen LogP contribution in [0.5, 0.6) is 0 Å². The van der Waals surface area contributed by atoms with E-state index in [4.69, 9.17) is 0 Å². The first-order chi connectivity index (χ1) is 12.7. The molecular formula is C19H28N6O. The van der Waals surface area contributed by atoms with E-state index in [0.29, 0.717) is 17.3 Å². The fraction of sp³-hybridized carbons (Fsp3) is 0.632. The Kier molecular flexibility index (Phi) is 4.91. The maximum absolute atomic E-state index is 13.0. The molecule has 0 spiro atoms. The third kappa shape index (κ3) is 3.21. The molecule has 0 aromatic carbocycles. The molecule has 2 aromatic rings. The molecule has 2 saturated heterocycles. The van der Waals surface area contributed by atoms with Crippen molar-refractivity contribution in [2.75, 3.05) is 39.3 Å². The SMILES string of the molecule is CCN(CC)Cc1cnc2c(C(=O)N3CCN4CCCC4C3)cnn2c1. The van der Waals surface area contributed by atoms with E-state index >= 15 is 0 Å². The van der Waals surface area contributed by atoms with Crippen LogP contribution in [0.3, 0.4) is 0 Å². The van der Waals surface area contributed by atoms with Crippen LogP contribution in [0.1, 0.15) is 42.6 Å². The molecule has 2 fully saturated rings. The summed E-state index contributed by atoms with van der Waals surface area (Å²) >= 11 is 0. The first-order valence-electron chi connectivity index (χ1n) is 9.77. The van der Waals surface area contributed by atoms with Crippen molar-refractivity contribution in [1.82, 2.24) is 29.3 Å². The number of aromatic nitrogens is 3. The number of hydrogen-bond acceptors (Lipinski definition) is 5. The lowest BCUT2D eigenvalue weighted by Gasteiger charge is -2.37. The van der Waals surface area contributed by atoms with Gasteiger partial charge in [-0.15, -0.1) is 0 Å². The highest BCUT2D eigenvalue weighted by Crippen LogP contribution is 2.23. The molecule has 2 aliphatic heterocycles. The number of nitrogens with zero attached hydrogens (tertiary/aromatic N) is 6. The second-order valence-electron chi connectivity index (χ2n) is 7.33. The van der Waals surface area contributed by atoms with Gasteiger partial charge in [0.25, 0.3) is 5.91 Å². The van der Waals surface area contributed by atoms with Gasteiger partial charge in [-0.3, -0.25) is 14.6 Å². The maximum Gasteiger partial charge on any atom is 0.259 e. The van der Waals surface area contributed by atoms with Crippen molar-refractivity contribution in [3.63, 3.8) is 0 Å². The lowest BCUT2D eigenvalue weighted by molar-refractivity contribution is 0.0573. The monoisotopic (exact) mass is 356 g/mol. The summed E-state index contributed by atoms with van der Waals surface area (Å²) < 4.78 is 1.75. The van der Waals surface area contributed by atoms with Gasteiger partial charge >= 0.3 is 0 Å². The molecule has 2 aliphatic rings. The van der Waals surface area contributed by atoms with Crippen LogP contribution in [0.25, 0.3) is 5.65 Å². The number of carbonyl (C=O) groups excluding carboxylic acids is 1. The summed E-state index contributed by atoms with van der Waals surface area (Å²) in [4.78, 5) is 24.4. The fourth-order valence-electron chi connectivity index (χ4n) is 4.20. The van der Waals surface area contributed by atoms with E-state index < -0.39 is 0 Å². The van der Waals surface area contributed by atoms with Crippen molar-refractivity contribution in [2.45, 2.75) is 39.3 Å². The molecule has 2 aromatic heterocycles. The average Bonchev–Trinajstić information content (AvgIpc) is 3.31. The van der Waals surface area contributed by atoms with Crippen LogP contribution >= 0.6 is 0 Å². The standard InChI is InChI=1S/C19H28N6O/c1-3-22(4-2)12-15-10-20-18-17(11-21-25(18)13-15)19(26)24-9-8-23-7-5-6-16(23)14-24/h10-11,13,16H,3-9,12,14H2,1-2H3. The minimum atomic E-state index is 0.0653. The van der Waals surface area contributed by atoms with Crippen molar-refractivity contribution in [3.8, 4) is 0 Å². The van der Waals surface area contributed by atoms with Gasteiger partial charge in [0.05, 0.1) is 6.20 Å². The highest BCUT2D eigenvalue weighted by molar-refractivity contribution is 5.99. The Labute approximate surface area is 154 Å². The van der Waals surface area contributed by atoms with Crippen molar-refractivity contribution in [1.29, 1.82) is 0 Å². The summed E-state index contributed by atoms with van der Waals surface area (Å²) in [5.74, 6) is 0.0653. The number of hydrogen-bond donors (Lipinski definition) is 0. The molecule has 1 amide bonds. The lowest BCUT2D eigenvalue weighted by atomic mass is 10.1. The van der Waals surface area contributed by atoms with E-state index in [1.54, 1.807) is 10.7 Å². The van der Waals surface area contributed by atoms with Crippen LogP contribution in [0, 0.1) is 0 Å². The zero-order valence-corrected chi connectivity index (χ0v) is 15.8. The minimum absolute atomic E-state index is 0.0653. The topological polar surface area (TPSA) is 57.0 Å². The van der Waals surface area contributed by atoms with Gasteiger partial charge in [0.15, 0.2) is 5.65 Å². The summed E-state index contributed by atoms with van der Waals surface area (Å²) in [7, 11) is 0. The zero-order valence-electron chi connectivity index (χ0n) is 15.8. The van der Waals surface area contributed by atoms with Crippen LogP contribution in [-0.4, -0.2) is 80.5 Å². The van der Waals surface area contributed by atoms with E-state index in [2.05, 4.69) is 33.7 Å². The van der Waals surface area contributed by atoms with E-state index in [9.17, 15) is 4.79 Å². The van der Waals surface area contributed by atoms with Crippen molar-refractivity contribution in [3.05, 3.63) is 29.7 Å². The number of fused-ring (bicyclic) bond motifs is 2. The number of carbonyl (C=O) groups is 1. The van der Waals surface area contributed by atoms with Gasteiger partial charge in [0.1, 0.15) is 5.56 Å². The van der Waals surface area contributed by atoms with Crippen LogP contribution in [0.4, 0.5) is 0 Å². The van der Waals surface area contributed by atoms with Crippen molar-refractivity contribution < 1.29 is 4.79 Å².